The summed E-state index contributed by atoms with van der Waals surface area (Å²) < 4.78 is 43.0. The fourth-order valence-electron chi connectivity index (χ4n) is 2.23. The van der Waals surface area contributed by atoms with Crippen molar-refractivity contribution in [3.63, 3.8) is 0 Å². The molecule has 1 aromatic rings. The van der Waals surface area contributed by atoms with E-state index in [-0.39, 0.29) is 0 Å². The fraction of sp³-hybridized carbons (Fsp3) is 0.667. The molecule has 0 aliphatic heterocycles. The van der Waals surface area contributed by atoms with Gasteiger partial charge < -0.3 is 37.9 Å². The molecule has 0 fully saturated rings. The van der Waals surface area contributed by atoms with Crippen LogP contribution in [0.5, 0.6) is 5.75 Å². The van der Waals surface area contributed by atoms with E-state index in [0.717, 1.165) is 4.47 Å². The lowest BCUT2D eigenvalue weighted by Crippen LogP contribution is -2.15. The van der Waals surface area contributed by atoms with Gasteiger partial charge in [0.25, 0.3) is 0 Å². The minimum atomic E-state index is -0.447. The Morgan fingerprint density at radius 3 is 1.61 bits per heavy atom. The Labute approximate surface area is 192 Å². The predicted octanol–water partition coefficient (Wildman–Crippen LogP) is 2.34. The Balaban J connectivity index is 1.90. The van der Waals surface area contributed by atoms with Crippen LogP contribution in [0.4, 0.5) is 0 Å². The molecule has 0 aromatic heterocycles. The summed E-state index contributed by atoms with van der Waals surface area (Å²) in [4.78, 5) is 11.7. The van der Waals surface area contributed by atoms with Crippen LogP contribution in [-0.2, 0) is 33.2 Å². The van der Waals surface area contributed by atoms with E-state index in [0.29, 0.717) is 90.6 Å². The molecular weight excluding hydrogens is 476 g/mol. The number of methoxy groups -OCH3 is 2. The number of hydrogen-bond donors (Lipinski definition) is 0. The number of carbonyl (C=O) groups is 1. The summed E-state index contributed by atoms with van der Waals surface area (Å²) in [5.74, 6) is -0.00150. The molecule has 1 rings (SSSR count). The minimum absolute atomic E-state index is 0.307. The van der Waals surface area contributed by atoms with Gasteiger partial charge >= 0.3 is 5.97 Å². The summed E-state index contributed by atoms with van der Waals surface area (Å²) in [5.41, 5.74) is 0.370. The van der Waals surface area contributed by atoms with E-state index in [1.807, 2.05) is 0 Å². The van der Waals surface area contributed by atoms with Crippen molar-refractivity contribution < 1.29 is 42.7 Å². The molecule has 0 heterocycles. The molecule has 31 heavy (non-hydrogen) atoms. The van der Waals surface area contributed by atoms with Gasteiger partial charge in [-0.3, -0.25) is 0 Å². The van der Waals surface area contributed by atoms with Crippen LogP contribution in [-0.4, -0.2) is 99.5 Å². The molecule has 0 saturated heterocycles. The van der Waals surface area contributed by atoms with Crippen LogP contribution in [0.2, 0.25) is 0 Å². The van der Waals surface area contributed by atoms with Crippen LogP contribution in [0.3, 0.4) is 0 Å². The number of esters is 1. The van der Waals surface area contributed by atoms with Crippen molar-refractivity contribution in [2.75, 3.05) is 93.5 Å². The highest BCUT2D eigenvalue weighted by Crippen LogP contribution is 2.24. The average Bonchev–Trinajstić information content (AvgIpc) is 2.78. The quantitative estimate of drug-likeness (QED) is 0.194. The third kappa shape index (κ3) is 14.4. The van der Waals surface area contributed by atoms with Gasteiger partial charge in [0, 0.05) is 11.6 Å². The Hall–Kier alpha value is -1.27. The first-order valence-electron chi connectivity index (χ1n) is 10.1. The van der Waals surface area contributed by atoms with Crippen LogP contribution < -0.4 is 4.74 Å². The van der Waals surface area contributed by atoms with E-state index in [2.05, 4.69) is 15.9 Å². The number of benzene rings is 1. The van der Waals surface area contributed by atoms with Crippen LogP contribution in [0.1, 0.15) is 10.4 Å². The molecule has 178 valence electrons. The third-order valence-electron chi connectivity index (χ3n) is 3.75. The second kappa shape index (κ2) is 19.4. The van der Waals surface area contributed by atoms with E-state index < -0.39 is 5.97 Å². The van der Waals surface area contributed by atoms with E-state index in [4.69, 9.17) is 37.9 Å². The normalized spacial score (nSPS) is 10.9. The zero-order valence-corrected chi connectivity index (χ0v) is 19.9. The number of rotatable bonds is 20. The van der Waals surface area contributed by atoms with Gasteiger partial charge in [-0.2, -0.15) is 0 Å². The summed E-state index contributed by atoms with van der Waals surface area (Å²) in [7, 11) is 2.97. The molecule has 0 aliphatic rings. The van der Waals surface area contributed by atoms with Crippen molar-refractivity contribution in [3.05, 3.63) is 28.2 Å². The molecule has 10 heteroatoms. The topological polar surface area (TPSA) is 90.9 Å². The Kier molecular flexibility index (Phi) is 17.4. The van der Waals surface area contributed by atoms with E-state index in [9.17, 15) is 4.79 Å². The van der Waals surface area contributed by atoms with E-state index in [1.165, 1.54) is 7.11 Å². The molecule has 9 nitrogen and oxygen atoms in total. The second-order valence-corrected chi connectivity index (χ2v) is 6.95. The first-order chi connectivity index (χ1) is 15.2. The zero-order chi connectivity index (χ0) is 22.6. The van der Waals surface area contributed by atoms with Gasteiger partial charge in [0.2, 0.25) is 0 Å². The predicted molar refractivity (Wildman–Crippen MR) is 117 cm³/mol. The fourth-order valence-corrected chi connectivity index (χ4v) is 2.57. The van der Waals surface area contributed by atoms with Crippen LogP contribution in [0, 0.1) is 0 Å². The highest BCUT2D eigenvalue weighted by molar-refractivity contribution is 9.10. The van der Waals surface area contributed by atoms with Crippen molar-refractivity contribution >= 4 is 21.9 Å². The smallest absolute Gasteiger partial charge is 0.341 e. The second-order valence-electron chi connectivity index (χ2n) is 6.04. The van der Waals surface area contributed by atoms with Crippen molar-refractivity contribution in [2.24, 2.45) is 0 Å². The molecule has 0 bridgehead atoms. The van der Waals surface area contributed by atoms with Gasteiger partial charge in [-0.1, -0.05) is 15.9 Å². The minimum Gasteiger partial charge on any atom is -0.490 e. The average molecular weight is 509 g/mol. The SMILES string of the molecule is COCCOCCOCCOCCOCCOCCOc1cc(Br)ccc1C(=O)OC. The molecule has 0 amide bonds. The summed E-state index contributed by atoms with van der Waals surface area (Å²) in [6.07, 6.45) is 0. The molecule has 0 atom stereocenters. The van der Waals surface area contributed by atoms with Crippen molar-refractivity contribution in [1.82, 2.24) is 0 Å². The van der Waals surface area contributed by atoms with Gasteiger partial charge in [0.05, 0.1) is 79.8 Å². The lowest BCUT2D eigenvalue weighted by atomic mass is 10.2. The Morgan fingerprint density at radius 2 is 1.16 bits per heavy atom. The number of ether oxygens (including phenoxy) is 8. The van der Waals surface area contributed by atoms with Crippen molar-refractivity contribution in [2.45, 2.75) is 0 Å². The maximum absolute atomic E-state index is 11.7. The molecule has 0 saturated carbocycles. The van der Waals surface area contributed by atoms with Crippen LogP contribution in [0.25, 0.3) is 0 Å². The maximum atomic E-state index is 11.7. The Morgan fingerprint density at radius 1 is 0.710 bits per heavy atom. The first kappa shape index (κ1) is 27.8. The van der Waals surface area contributed by atoms with E-state index in [1.54, 1.807) is 25.3 Å². The summed E-state index contributed by atoms with van der Waals surface area (Å²) in [6.45, 7) is 5.85. The molecule has 0 aliphatic carbocycles. The molecule has 0 unspecified atom stereocenters. The van der Waals surface area contributed by atoms with E-state index >= 15 is 0 Å². The highest BCUT2D eigenvalue weighted by Gasteiger charge is 2.13. The largest absolute Gasteiger partial charge is 0.490 e. The number of hydrogen-bond acceptors (Lipinski definition) is 9. The lowest BCUT2D eigenvalue weighted by molar-refractivity contribution is -0.0159. The molecular formula is C21H33BrO9. The van der Waals surface area contributed by atoms with Crippen molar-refractivity contribution in [1.29, 1.82) is 0 Å². The monoisotopic (exact) mass is 508 g/mol. The number of carbonyl (C=O) groups excluding carboxylic acids is 1. The van der Waals surface area contributed by atoms with Gasteiger partial charge in [-0.05, 0) is 18.2 Å². The highest BCUT2D eigenvalue weighted by atomic mass is 79.9. The lowest BCUT2D eigenvalue weighted by Gasteiger charge is -2.11. The Bertz CT molecular complexity index is 586. The molecule has 1 aromatic carbocycles. The summed E-state index contributed by atoms with van der Waals surface area (Å²) in [5, 5.41) is 0. The van der Waals surface area contributed by atoms with Gasteiger partial charge in [-0.25, -0.2) is 4.79 Å². The van der Waals surface area contributed by atoms with Crippen LogP contribution in [0.15, 0.2) is 22.7 Å². The third-order valence-corrected chi connectivity index (χ3v) is 4.25. The van der Waals surface area contributed by atoms with Crippen LogP contribution >= 0.6 is 15.9 Å². The standard InChI is InChI=1S/C21H33BrO9/c1-24-5-6-26-7-8-27-9-10-28-11-12-29-13-14-30-15-16-31-20-17-18(22)3-4-19(20)21(23)25-2/h3-4,17H,5-16H2,1-2H3. The zero-order valence-electron chi connectivity index (χ0n) is 18.3. The maximum Gasteiger partial charge on any atom is 0.341 e. The van der Waals surface area contributed by atoms with Gasteiger partial charge in [-0.15, -0.1) is 0 Å². The van der Waals surface area contributed by atoms with Gasteiger partial charge in [0.1, 0.15) is 17.9 Å². The molecule has 0 N–H and O–H groups in total. The number of halogens is 1. The molecule has 0 spiro atoms. The summed E-state index contributed by atoms with van der Waals surface area (Å²) >= 11 is 3.36. The van der Waals surface area contributed by atoms with Gasteiger partial charge in [0.15, 0.2) is 0 Å². The first-order valence-corrected chi connectivity index (χ1v) is 10.9. The summed E-state index contributed by atoms with van der Waals surface area (Å²) in [6, 6.07) is 5.12. The van der Waals surface area contributed by atoms with Crippen molar-refractivity contribution in [3.8, 4) is 5.75 Å². The molecule has 0 radical (unpaired) electrons.